The molecular weight excluding hydrogens is 252 g/mol. The van der Waals surface area contributed by atoms with Crippen LogP contribution >= 0.6 is 0 Å². The Kier molecular flexibility index (Phi) is 7.63. The molecule has 0 fully saturated rings. The molecule has 1 aromatic rings. The monoisotopic (exact) mass is 276 g/mol. The fourth-order valence-electron chi connectivity index (χ4n) is 1.90. The van der Waals surface area contributed by atoms with Crippen LogP contribution in [0.4, 0.5) is 0 Å². The van der Waals surface area contributed by atoms with Crippen LogP contribution in [0.25, 0.3) is 0 Å². The molecule has 0 saturated carbocycles. The first-order valence-corrected chi connectivity index (χ1v) is 7.45. The molecule has 0 aliphatic rings. The first kappa shape index (κ1) is 16.4. The molecule has 0 aliphatic carbocycles. The van der Waals surface area contributed by atoms with Crippen LogP contribution < -0.4 is 4.74 Å². The lowest BCUT2D eigenvalue weighted by molar-refractivity contribution is -0.118. The lowest BCUT2D eigenvalue weighted by atomic mass is 10.0. The zero-order chi connectivity index (χ0) is 14.8. The lowest BCUT2D eigenvalue weighted by Gasteiger charge is -2.05. The van der Waals surface area contributed by atoms with E-state index in [-0.39, 0.29) is 18.0 Å². The zero-order valence-electron chi connectivity index (χ0n) is 12.5. The van der Waals surface area contributed by atoms with Crippen molar-refractivity contribution in [2.45, 2.75) is 52.4 Å². The summed E-state index contributed by atoms with van der Waals surface area (Å²) in [6.45, 7) is 4.81. The van der Waals surface area contributed by atoms with Crippen molar-refractivity contribution in [3.63, 3.8) is 0 Å². The molecule has 0 radical (unpaired) electrons. The van der Waals surface area contributed by atoms with E-state index in [1.54, 1.807) is 24.3 Å². The molecule has 0 saturated heterocycles. The van der Waals surface area contributed by atoms with Gasteiger partial charge in [-0.05, 0) is 37.1 Å². The number of carbonyl (C=O) groups excluding carboxylic acids is 2. The van der Waals surface area contributed by atoms with Crippen LogP contribution in [-0.2, 0) is 4.79 Å². The highest BCUT2D eigenvalue weighted by Gasteiger charge is 2.11. The standard InChI is InChI=1S/C17H24O3/c1-3-5-6-7-15(18)13-17(19)14-8-10-16(11-9-14)20-12-4-2/h8-11H,3-7,12-13H2,1-2H3. The normalized spacial score (nSPS) is 10.3. The zero-order valence-corrected chi connectivity index (χ0v) is 12.5. The van der Waals surface area contributed by atoms with Gasteiger partial charge < -0.3 is 4.74 Å². The van der Waals surface area contributed by atoms with Crippen molar-refractivity contribution < 1.29 is 14.3 Å². The average molecular weight is 276 g/mol. The minimum absolute atomic E-state index is 0.0128. The molecule has 0 aliphatic heterocycles. The summed E-state index contributed by atoms with van der Waals surface area (Å²) in [5.41, 5.74) is 0.581. The van der Waals surface area contributed by atoms with E-state index < -0.39 is 0 Å². The van der Waals surface area contributed by atoms with E-state index in [1.165, 1.54) is 0 Å². The van der Waals surface area contributed by atoms with Crippen molar-refractivity contribution in [3.8, 4) is 5.75 Å². The predicted molar refractivity (Wildman–Crippen MR) is 80.3 cm³/mol. The van der Waals surface area contributed by atoms with Gasteiger partial charge >= 0.3 is 0 Å². The molecule has 0 amide bonds. The van der Waals surface area contributed by atoms with Gasteiger partial charge in [-0.2, -0.15) is 0 Å². The Labute approximate surface area is 121 Å². The molecule has 0 N–H and O–H groups in total. The van der Waals surface area contributed by atoms with E-state index in [0.29, 0.717) is 18.6 Å². The molecule has 3 nitrogen and oxygen atoms in total. The van der Waals surface area contributed by atoms with Crippen LogP contribution in [0.5, 0.6) is 5.75 Å². The maximum absolute atomic E-state index is 12.0. The first-order chi connectivity index (χ1) is 9.67. The van der Waals surface area contributed by atoms with Crippen molar-refractivity contribution in [2.75, 3.05) is 6.61 Å². The largest absolute Gasteiger partial charge is 0.494 e. The van der Waals surface area contributed by atoms with E-state index >= 15 is 0 Å². The molecule has 110 valence electrons. The highest BCUT2D eigenvalue weighted by molar-refractivity contribution is 6.07. The third kappa shape index (κ3) is 6.00. The molecule has 0 bridgehead atoms. The molecule has 1 rings (SSSR count). The summed E-state index contributed by atoms with van der Waals surface area (Å²) in [5.74, 6) is 0.695. The quantitative estimate of drug-likeness (QED) is 0.365. The van der Waals surface area contributed by atoms with Crippen molar-refractivity contribution in [3.05, 3.63) is 29.8 Å². The smallest absolute Gasteiger partial charge is 0.170 e. The van der Waals surface area contributed by atoms with Crippen molar-refractivity contribution in [1.29, 1.82) is 0 Å². The van der Waals surface area contributed by atoms with Crippen LogP contribution in [0.2, 0.25) is 0 Å². The Morgan fingerprint density at radius 3 is 2.30 bits per heavy atom. The number of Topliss-reactive ketones (excluding diaryl/α,β-unsaturated/α-hetero) is 2. The summed E-state index contributed by atoms with van der Waals surface area (Å²) in [5, 5.41) is 0. The highest BCUT2D eigenvalue weighted by atomic mass is 16.5. The number of benzene rings is 1. The third-order valence-electron chi connectivity index (χ3n) is 3.07. The number of rotatable bonds is 10. The lowest BCUT2D eigenvalue weighted by Crippen LogP contribution is -2.08. The van der Waals surface area contributed by atoms with Crippen molar-refractivity contribution in [2.24, 2.45) is 0 Å². The first-order valence-electron chi connectivity index (χ1n) is 7.45. The third-order valence-corrected chi connectivity index (χ3v) is 3.07. The van der Waals surface area contributed by atoms with Crippen LogP contribution in [0, 0.1) is 0 Å². The van der Waals surface area contributed by atoms with Crippen LogP contribution in [0.15, 0.2) is 24.3 Å². The molecular formula is C17H24O3. The summed E-state index contributed by atoms with van der Waals surface area (Å²) >= 11 is 0. The molecule has 0 heterocycles. The number of hydrogen-bond acceptors (Lipinski definition) is 3. The van der Waals surface area contributed by atoms with E-state index in [2.05, 4.69) is 6.92 Å². The summed E-state index contributed by atoms with van der Waals surface area (Å²) in [7, 11) is 0. The van der Waals surface area contributed by atoms with Gasteiger partial charge in [0.2, 0.25) is 0 Å². The van der Waals surface area contributed by atoms with Crippen molar-refractivity contribution >= 4 is 11.6 Å². The van der Waals surface area contributed by atoms with E-state index in [0.717, 1.165) is 31.4 Å². The van der Waals surface area contributed by atoms with Crippen LogP contribution in [0.1, 0.15) is 62.7 Å². The van der Waals surface area contributed by atoms with Gasteiger partial charge in [0.05, 0.1) is 13.0 Å². The summed E-state index contributed by atoms with van der Waals surface area (Å²) in [6, 6.07) is 7.02. The van der Waals surface area contributed by atoms with Gasteiger partial charge in [0.15, 0.2) is 5.78 Å². The number of hydrogen-bond donors (Lipinski definition) is 0. The molecule has 0 spiro atoms. The van der Waals surface area contributed by atoms with E-state index in [9.17, 15) is 9.59 Å². The Hall–Kier alpha value is -1.64. The highest BCUT2D eigenvalue weighted by Crippen LogP contribution is 2.14. The van der Waals surface area contributed by atoms with Gasteiger partial charge in [-0.3, -0.25) is 9.59 Å². The average Bonchev–Trinajstić information content (AvgIpc) is 2.46. The second-order valence-electron chi connectivity index (χ2n) is 4.97. The maximum Gasteiger partial charge on any atom is 0.170 e. The van der Waals surface area contributed by atoms with Gasteiger partial charge in [0, 0.05) is 12.0 Å². The van der Waals surface area contributed by atoms with Gasteiger partial charge in [-0.1, -0.05) is 26.7 Å². The number of ether oxygens (including phenoxy) is 1. The molecule has 0 aromatic heterocycles. The molecule has 0 atom stereocenters. The van der Waals surface area contributed by atoms with Gasteiger partial charge in [0.25, 0.3) is 0 Å². The number of unbranched alkanes of at least 4 members (excludes halogenated alkanes) is 2. The Morgan fingerprint density at radius 1 is 1.00 bits per heavy atom. The second kappa shape index (κ2) is 9.29. The molecule has 0 unspecified atom stereocenters. The maximum atomic E-state index is 12.0. The van der Waals surface area contributed by atoms with Crippen molar-refractivity contribution in [1.82, 2.24) is 0 Å². The van der Waals surface area contributed by atoms with E-state index in [4.69, 9.17) is 4.74 Å². The number of carbonyl (C=O) groups is 2. The minimum atomic E-state index is -0.103. The Balaban J connectivity index is 2.44. The fourth-order valence-corrected chi connectivity index (χ4v) is 1.90. The summed E-state index contributed by atoms with van der Waals surface area (Å²) in [4.78, 5) is 23.6. The van der Waals surface area contributed by atoms with Gasteiger partial charge in [-0.25, -0.2) is 0 Å². The minimum Gasteiger partial charge on any atom is -0.494 e. The predicted octanol–water partition coefficient (Wildman–Crippen LogP) is 4.20. The fraction of sp³-hybridized carbons (Fsp3) is 0.529. The second-order valence-corrected chi connectivity index (χ2v) is 4.97. The summed E-state index contributed by atoms with van der Waals surface area (Å²) < 4.78 is 5.46. The summed E-state index contributed by atoms with van der Waals surface area (Å²) in [6.07, 6.45) is 4.49. The SMILES string of the molecule is CCCCCC(=O)CC(=O)c1ccc(OCCC)cc1. The molecule has 3 heteroatoms. The van der Waals surface area contributed by atoms with Gasteiger partial charge in [-0.15, -0.1) is 0 Å². The molecule has 1 aromatic carbocycles. The topological polar surface area (TPSA) is 43.4 Å². The Bertz CT molecular complexity index is 420. The van der Waals surface area contributed by atoms with E-state index in [1.807, 2.05) is 6.92 Å². The van der Waals surface area contributed by atoms with Crippen LogP contribution in [0.3, 0.4) is 0 Å². The Morgan fingerprint density at radius 2 is 1.70 bits per heavy atom. The molecule has 20 heavy (non-hydrogen) atoms. The van der Waals surface area contributed by atoms with Gasteiger partial charge in [0.1, 0.15) is 11.5 Å². The van der Waals surface area contributed by atoms with Crippen LogP contribution in [-0.4, -0.2) is 18.2 Å². The number of ketones is 2.